The smallest absolute Gasteiger partial charge is 0.258 e. The number of aromatic nitrogens is 2. The van der Waals surface area contributed by atoms with E-state index in [1.807, 2.05) is 47.9 Å². The molecule has 9 rings (SSSR count). The molecule has 334 valence electrons. The van der Waals surface area contributed by atoms with Crippen LogP contribution in [0.2, 0.25) is 0 Å². The highest BCUT2D eigenvalue weighted by Gasteiger charge is 2.31. The molecule has 15 nitrogen and oxygen atoms in total. The van der Waals surface area contributed by atoms with Crippen molar-refractivity contribution in [3.63, 3.8) is 0 Å². The summed E-state index contributed by atoms with van der Waals surface area (Å²) in [6.07, 6.45) is 2.07. The van der Waals surface area contributed by atoms with E-state index in [1.165, 1.54) is 6.07 Å². The summed E-state index contributed by atoms with van der Waals surface area (Å²) in [5.41, 5.74) is 7.11. The molecule has 0 spiro atoms. The number of amides is 3. The van der Waals surface area contributed by atoms with Crippen LogP contribution in [0.15, 0.2) is 66.7 Å². The number of hydrogen-bond acceptors (Lipinski definition) is 12. The lowest BCUT2D eigenvalue weighted by atomic mass is 10.0. The Morgan fingerprint density at radius 1 is 0.703 bits per heavy atom. The van der Waals surface area contributed by atoms with Crippen LogP contribution in [0.3, 0.4) is 0 Å². The van der Waals surface area contributed by atoms with E-state index in [1.54, 1.807) is 17.0 Å². The van der Waals surface area contributed by atoms with E-state index in [0.717, 1.165) is 82.8 Å². The average molecular weight is 868 g/mol. The number of carbonyl (C=O) groups excluding carboxylic acids is 3. The van der Waals surface area contributed by atoms with Crippen molar-refractivity contribution in [3.05, 3.63) is 106 Å². The second-order valence-electron chi connectivity index (χ2n) is 17.3. The number of rotatable bonds is 11. The van der Waals surface area contributed by atoms with E-state index >= 15 is 0 Å². The number of aryl methyl sites for hydroxylation is 1. The minimum absolute atomic E-state index is 0.0117. The Hall–Kier alpha value is -6.61. The van der Waals surface area contributed by atoms with Gasteiger partial charge in [-0.25, -0.2) is 4.98 Å². The maximum Gasteiger partial charge on any atom is 0.258 e. The van der Waals surface area contributed by atoms with Crippen molar-refractivity contribution < 1.29 is 29.7 Å². The lowest BCUT2D eigenvalue weighted by Crippen LogP contribution is -2.49. The number of aromatic hydroxyl groups is 3. The van der Waals surface area contributed by atoms with Crippen molar-refractivity contribution in [2.75, 3.05) is 80.6 Å². The molecule has 0 radical (unpaired) electrons. The Balaban J connectivity index is 0.809. The molecule has 0 unspecified atom stereocenters. The zero-order chi connectivity index (χ0) is 44.5. The number of nitrogens with zero attached hydrogens (tertiary/aromatic N) is 8. The fourth-order valence-corrected chi connectivity index (χ4v) is 9.67. The van der Waals surface area contributed by atoms with E-state index in [0.29, 0.717) is 96.2 Å². The molecule has 4 N–H and O–H groups in total. The van der Waals surface area contributed by atoms with Crippen LogP contribution in [0.25, 0.3) is 10.8 Å². The molecule has 2 saturated heterocycles. The van der Waals surface area contributed by atoms with Gasteiger partial charge in [-0.05, 0) is 52.6 Å². The first kappa shape index (κ1) is 42.7. The highest BCUT2D eigenvalue weighted by molar-refractivity contribution is 5.98. The van der Waals surface area contributed by atoms with E-state index in [2.05, 4.69) is 44.3 Å². The third-order valence-electron chi connectivity index (χ3n) is 13.3. The summed E-state index contributed by atoms with van der Waals surface area (Å²) in [5, 5.41) is 36.6. The molecular formula is C49H57N9O6. The lowest BCUT2D eigenvalue weighted by molar-refractivity contribution is -0.133. The van der Waals surface area contributed by atoms with Crippen molar-refractivity contribution in [2.24, 2.45) is 0 Å². The van der Waals surface area contributed by atoms with E-state index in [4.69, 9.17) is 9.97 Å². The standard InChI is InChI=1S/C49H57N9O6/c1-3-33-25-40(44(61)27-43(33)60)48(64)58-29-35-10-9-32(23-36(35)30-58)28-53-15-17-55(18-16-53)46(63)11-13-50-49-51-41-31-57(42-26-37(59)24-34-7-5-6-8-38(34)42)14-12-39(41)47(52-49)56-21-19-54(20-22-56)45(62)4-2/h5-10,23-27,59-61H,3-4,11-22,28-31H2,1-2H3,(H,50,51,52). The van der Waals surface area contributed by atoms with Gasteiger partial charge in [0.2, 0.25) is 17.8 Å². The van der Waals surface area contributed by atoms with Crippen LogP contribution in [0.4, 0.5) is 17.5 Å². The van der Waals surface area contributed by atoms with E-state index in [-0.39, 0.29) is 40.5 Å². The van der Waals surface area contributed by atoms with Gasteiger partial charge in [0.05, 0.1) is 17.8 Å². The lowest BCUT2D eigenvalue weighted by Gasteiger charge is -2.38. The number of hydrogen-bond donors (Lipinski definition) is 4. The number of carbonyl (C=O) groups is 3. The molecule has 4 aliphatic heterocycles. The van der Waals surface area contributed by atoms with Gasteiger partial charge in [0.1, 0.15) is 23.1 Å². The largest absolute Gasteiger partial charge is 0.508 e. The van der Waals surface area contributed by atoms with Gasteiger partial charge in [0.15, 0.2) is 0 Å². The zero-order valence-electron chi connectivity index (χ0n) is 36.7. The quantitative estimate of drug-likeness (QED) is 0.137. The van der Waals surface area contributed by atoms with Gasteiger partial charge in [0.25, 0.3) is 5.91 Å². The molecule has 5 aromatic rings. The third kappa shape index (κ3) is 8.81. The van der Waals surface area contributed by atoms with Crippen LogP contribution < -0.4 is 15.1 Å². The Kier molecular flexibility index (Phi) is 12.2. The minimum atomic E-state index is -0.261. The molecule has 5 heterocycles. The normalized spacial score (nSPS) is 16.6. The monoisotopic (exact) mass is 867 g/mol. The molecule has 15 heteroatoms. The van der Waals surface area contributed by atoms with Crippen LogP contribution in [0.1, 0.15) is 70.6 Å². The van der Waals surface area contributed by atoms with Crippen LogP contribution >= 0.6 is 0 Å². The summed E-state index contributed by atoms with van der Waals surface area (Å²) >= 11 is 0. The summed E-state index contributed by atoms with van der Waals surface area (Å²) in [6.45, 7) is 12.5. The highest BCUT2D eigenvalue weighted by atomic mass is 16.3. The van der Waals surface area contributed by atoms with Gasteiger partial charge in [-0.15, -0.1) is 0 Å². The van der Waals surface area contributed by atoms with E-state index in [9.17, 15) is 29.7 Å². The van der Waals surface area contributed by atoms with E-state index < -0.39 is 0 Å². The van der Waals surface area contributed by atoms with Gasteiger partial charge < -0.3 is 45.1 Å². The second-order valence-corrected chi connectivity index (χ2v) is 17.3. The number of piperazine rings is 2. The predicted molar refractivity (Wildman–Crippen MR) is 246 cm³/mol. The third-order valence-corrected chi connectivity index (χ3v) is 13.3. The molecule has 3 amide bonds. The average Bonchev–Trinajstić information content (AvgIpc) is 3.74. The first-order chi connectivity index (χ1) is 31.0. The van der Waals surface area contributed by atoms with Gasteiger partial charge in [-0.1, -0.05) is 56.3 Å². The zero-order valence-corrected chi connectivity index (χ0v) is 36.7. The first-order valence-electron chi connectivity index (χ1n) is 22.6. The van der Waals surface area contributed by atoms with Crippen molar-refractivity contribution >= 4 is 45.9 Å². The topological polar surface area (TPSA) is 169 Å². The SMILES string of the molecule is CCC(=O)N1CCN(c2nc(NCCC(=O)N3CCN(Cc4ccc5c(c4)CN(C(=O)c4cc(CC)c(O)cc4O)C5)CC3)nc3c2CCN(c2cc(O)cc4ccccc24)C3)CC1. The second kappa shape index (κ2) is 18.2. The fourth-order valence-electron chi connectivity index (χ4n) is 9.67. The molecule has 0 aliphatic carbocycles. The van der Waals surface area contributed by atoms with Crippen molar-refractivity contribution in [2.45, 2.75) is 65.7 Å². The van der Waals surface area contributed by atoms with Crippen molar-refractivity contribution in [3.8, 4) is 17.2 Å². The molecule has 0 saturated carbocycles. The summed E-state index contributed by atoms with van der Waals surface area (Å²) in [4.78, 5) is 62.0. The molecule has 4 aromatic carbocycles. The van der Waals surface area contributed by atoms with Gasteiger partial charge in [0, 0.05) is 127 Å². The first-order valence-corrected chi connectivity index (χ1v) is 22.6. The molecular weight excluding hydrogens is 811 g/mol. The fraction of sp³-hybridized carbons (Fsp3) is 0.408. The van der Waals surface area contributed by atoms with Crippen molar-refractivity contribution in [1.29, 1.82) is 0 Å². The molecule has 0 atom stereocenters. The highest BCUT2D eigenvalue weighted by Crippen LogP contribution is 2.37. The summed E-state index contributed by atoms with van der Waals surface area (Å²) in [7, 11) is 0. The maximum atomic E-state index is 13.5. The van der Waals surface area contributed by atoms with Gasteiger partial charge >= 0.3 is 0 Å². The van der Waals surface area contributed by atoms with Gasteiger partial charge in [-0.2, -0.15) is 4.98 Å². The van der Waals surface area contributed by atoms with Crippen molar-refractivity contribution in [1.82, 2.24) is 29.6 Å². The number of phenolic OH excluding ortho intramolecular Hbond substituents is 3. The molecule has 2 fully saturated rings. The van der Waals surface area contributed by atoms with Crippen LogP contribution in [-0.2, 0) is 48.6 Å². The summed E-state index contributed by atoms with van der Waals surface area (Å²) < 4.78 is 0. The molecule has 1 aromatic heterocycles. The molecule has 0 bridgehead atoms. The molecule has 4 aliphatic rings. The summed E-state index contributed by atoms with van der Waals surface area (Å²) in [5.74, 6) is 1.34. The van der Waals surface area contributed by atoms with Crippen LogP contribution in [-0.4, -0.2) is 128 Å². The summed E-state index contributed by atoms with van der Waals surface area (Å²) in [6, 6.07) is 20.9. The van der Waals surface area contributed by atoms with Crippen LogP contribution in [0, 0.1) is 0 Å². The molecule has 64 heavy (non-hydrogen) atoms. The number of phenols is 3. The number of nitrogens with one attached hydrogen (secondary N) is 1. The Bertz CT molecular complexity index is 2590. The maximum absolute atomic E-state index is 13.5. The number of anilines is 3. The Morgan fingerprint density at radius 2 is 1.45 bits per heavy atom. The van der Waals surface area contributed by atoms with Crippen LogP contribution in [0.5, 0.6) is 17.2 Å². The Morgan fingerprint density at radius 3 is 2.23 bits per heavy atom. The van der Waals surface area contributed by atoms with Gasteiger partial charge in [-0.3, -0.25) is 19.3 Å². The number of fused-ring (bicyclic) bond motifs is 3. The Labute approximate surface area is 373 Å². The predicted octanol–water partition coefficient (Wildman–Crippen LogP) is 5.23. The minimum Gasteiger partial charge on any atom is -0.508 e. The number of benzene rings is 4.